The Morgan fingerprint density at radius 3 is 3.00 bits per heavy atom. The summed E-state index contributed by atoms with van der Waals surface area (Å²) in [6.45, 7) is 3.91. The van der Waals surface area contributed by atoms with Crippen molar-refractivity contribution in [3.05, 3.63) is 72.2 Å². The second-order valence-electron chi connectivity index (χ2n) is 6.33. The van der Waals surface area contributed by atoms with Gasteiger partial charge in [-0.3, -0.25) is 14.6 Å². The minimum absolute atomic E-state index is 0.317. The Balaban J connectivity index is 1.33. The van der Waals surface area contributed by atoms with Crippen LogP contribution in [0.4, 0.5) is 0 Å². The molecule has 1 aliphatic rings. The van der Waals surface area contributed by atoms with Gasteiger partial charge in [-0.1, -0.05) is 6.07 Å². The van der Waals surface area contributed by atoms with Crippen molar-refractivity contribution in [3.63, 3.8) is 0 Å². The maximum Gasteiger partial charge on any atom is 0.117 e. The topological polar surface area (TPSA) is 56.3 Å². The average Bonchev–Trinajstić information content (AvgIpc) is 3.31. The van der Waals surface area contributed by atoms with E-state index in [9.17, 15) is 0 Å². The van der Waals surface area contributed by atoms with Crippen LogP contribution in [0.3, 0.4) is 0 Å². The van der Waals surface area contributed by atoms with Gasteiger partial charge in [0.15, 0.2) is 0 Å². The summed E-state index contributed by atoms with van der Waals surface area (Å²) < 4.78 is 13.4. The minimum atomic E-state index is 0.317. The van der Waals surface area contributed by atoms with E-state index in [0.29, 0.717) is 19.3 Å². The van der Waals surface area contributed by atoms with E-state index >= 15 is 0 Å². The van der Waals surface area contributed by atoms with Gasteiger partial charge >= 0.3 is 0 Å². The molecule has 0 saturated heterocycles. The number of hydrogen-bond donors (Lipinski definition) is 0. The number of aromatic nitrogens is 3. The Kier molecular flexibility index (Phi) is 4.90. The molecule has 0 amide bonds. The van der Waals surface area contributed by atoms with Gasteiger partial charge in [-0.25, -0.2) is 0 Å². The van der Waals surface area contributed by atoms with E-state index in [1.165, 1.54) is 5.69 Å². The number of nitrogens with zero attached hydrogens (tertiary/aromatic N) is 4. The molecule has 0 N–H and O–H groups in total. The summed E-state index contributed by atoms with van der Waals surface area (Å²) in [7, 11) is 0. The van der Waals surface area contributed by atoms with Crippen molar-refractivity contribution in [2.45, 2.75) is 32.2 Å². The van der Waals surface area contributed by atoms with E-state index in [0.717, 1.165) is 37.5 Å². The molecule has 0 saturated carbocycles. The van der Waals surface area contributed by atoms with Crippen LogP contribution in [0.25, 0.3) is 0 Å². The normalized spacial score (nSPS) is 17.5. The lowest BCUT2D eigenvalue weighted by atomic mass is 10.1. The van der Waals surface area contributed by atoms with Gasteiger partial charge in [-0.05, 0) is 36.8 Å². The lowest BCUT2D eigenvalue weighted by Crippen LogP contribution is -2.37. The van der Waals surface area contributed by atoms with E-state index in [4.69, 9.17) is 9.15 Å². The molecule has 0 bridgehead atoms. The third-order valence-electron chi connectivity index (χ3n) is 4.48. The Hall–Kier alpha value is -2.44. The van der Waals surface area contributed by atoms with E-state index in [2.05, 4.69) is 25.7 Å². The first-order chi connectivity index (χ1) is 12.4. The monoisotopic (exact) mass is 338 g/mol. The number of ether oxygens (including phenoxy) is 1. The lowest BCUT2D eigenvalue weighted by molar-refractivity contribution is 0.0841. The lowest BCUT2D eigenvalue weighted by Gasteiger charge is -2.33. The Morgan fingerprint density at radius 1 is 1.16 bits per heavy atom. The molecule has 4 rings (SSSR count). The quantitative estimate of drug-likeness (QED) is 0.620. The molecular weight excluding hydrogens is 316 g/mol. The summed E-state index contributed by atoms with van der Waals surface area (Å²) in [4.78, 5) is 6.69. The molecule has 0 spiro atoms. The number of furan rings is 1. The average molecular weight is 338 g/mol. The van der Waals surface area contributed by atoms with E-state index in [1.54, 1.807) is 12.5 Å². The zero-order valence-corrected chi connectivity index (χ0v) is 14.1. The first kappa shape index (κ1) is 16.1. The minimum Gasteiger partial charge on any atom is -0.468 e. The maximum atomic E-state index is 5.81. The molecule has 1 atom stereocenters. The number of pyridine rings is 1. The van der Waals surface area contributed by atoms with Crippen LogP contribution >= 0.6 is 0 Å². The van der Waals surface area contributed by atoms with Crippen molar-refractivity contribution in [2.75, 3.05) is 13.2 Å². The van der Waals surface area contributed by atoms with Gasteiger partial charge in [0.2, 0.25) is 0 Å². The molecule has 0 radical (unpaired) electrons. The van der Waals surface area contributed by atoms with Crippen LogP contribution in [0, 0.1) is 0 Å². The summed E-state index contributed by atoms with van der Waals surface area (Å²) >= 11 is 0. The highest BCUT2D eigenvalue weighted by atomic mass is 16.5. The molecule has 0 unspecified atom stereocenters. The molecule has 0 aliphatic carbocycles. The summed E-state index contributed by atoms with van der Waals surface area (Å²) in [5.41, 5.74) is 2.21. The fraction of sp³-hybridized carbons (Fsp3) is 0.368. The number of hydrogen-bond acceptors (Lipinski definition) is 5. The predicted octanol–water partition coefficient (Wildman–Crippen LogP) is 3.03. The molecule has 25 heavy (non-hydrogen) atoms. The van der Waals surface area contributed by atoms with Crippen molar-refractivity contribution in [2.24, 2.45) is 0 Å². The van der Waals surface area contributed by atoms with Crippen molar-refractivity contribution in [1.29, 1.82) is 0 Å². The van der Waals surface area contributed by atoms with E-state index < -0.39 is 0 Å². The van der Waals surface area contributed by atoms with Crippen LogP contribution in [-0.4, -0.2) is 32.8 Å². The largest absolute Gasteiger partial charge is 0.468 e. The molecule has 0 fully saturated rings. The molecule has 3 aromatic rings. The van der Waals surface area contributed by atoms with Crippen molar-refractivity contribution in [3.8, 4) is 0 Å². The molecule has 130 valence electrons. The molecule has 0 aromatic carbocycles. The fourth-order valence-corrected chi connectivity index (χ4v) is 3.30. The first-order valence-corrected chi connectivity index (χ1v) is 8.63. The zero-order chi connectivity index (χ0) is 16.9. The van der Waals surface area contributed by atoms with E-state index in [1.807, 2.05) is 36.5 Å². The third kappa shape index (κ3) is 3.97. The van der Waals surface area contributed by atoms with Crippen LogP contribution in [-0.2, 0) is 24.4 Å². The fourth-order valence-electron chi connectivity index (χ4n) is 3.30. The van der Waals surface area contributed by atoms with Gasteiger partial charge in [0.25, 0.3) is 0 Å². The third-order valence-corrected chi connectivity index (χ3v) is 4.48. The second-order valence-corrected chi connectivity index (χ2v) is 6.33. The van der Waals surface area contributed by atoms with Crippen LogP contribution in [0.5, 0.6) is 0 Å². The van der Waals surface area contributed by atoms with Crippen LogP contribution in [0.2, 0.25) is 0 Å². The Labute approximate surface area is 147 Å². The molecular formula is C19H22N4O2. The first-order valence-electron chi connectivity index (χ1n) is 8.63. The maximum absolute atomic E-state index is 5.81. The highest BCUT2D eigenvalue weighted by Crippen LogP contribution is 2.24. The highest BCUT2D eigenvalue weighted by Gasteiger charge is 2.25. The van der Waals surface area contributed by atoms with Crippen LogP contribution < -0.4 is 0 Å². The highest BCUT2D eigenvalue weighted by molar-refractivity contribution is 5.07. The summed E-state index contributed by atoms with van der Waals surface area (Å²) in [5, 5.41) is 4.51. The molecule has 6 heteroatoms. The predicted molar refractivity (Wildman–Crippen MR) is 92.6 cm³/mol. The zero-order valence-electron chi connectivity index (χ0n) is 14.1. The van der Waals surface area contributed by atoms with Gasteiger partial charge in [-0.15, -0.1) is 0 Å². The SMILES string of the molecule is c1ccc(COCC[C@H]2CN(Cc3ccco3)Cc3ccnn32)nc1. The molecule has 6 nitrogen and oxygen atoms in total. The second kappa shape index (κ2) is 7.63. The Morgan fingerprint density at radius 2 is 2.16 bits per heavy atom. The molecule has 4 heterocycles. The smallest absolute Gasteiger partial charge is 0.117 e. The van der Waals surface area contributed by atoms with Gasteiger partial charge < -0.3 is 9.15 Å². The van der Waals surface area contributed by atoms with E-state index in [-0.39, 0.29) is 0 Å². The number of fused-ring (bicyclic) bond motifs is 1. The van der Waals surface area contributed by atoms with Crippen LogP contribution in [0.15, 0.2) is 59.5 Å². The van der Waals surface area contributed by atoms with Crippen molar-refractivity contribution in [1.82, 2.24) is 19.7 Å². The summed E-state index contributed by atoms with van der Waals surface area (Å²) in [6, 6.07) is 12.3. The molecule has 3 aromatic heterocycles. The Bertz CT molecular complexity index is 770. The van der Waals surface area contributed by atoms with Gasteiger partial charge in [0.05, 0.1) is 36.8 Å². The van der Waals surface area contributed by atoms with Crippen molar-refractivity contribution >= 4 is 0 Å². The van der Waals surface area contributed by atoms with Crippen molar-refractivity contribution < 1.29 is 9.15 Å². The van der Waals surface area contributed by atoms with Crippen LogP contribution in [0.1, 0.15) is 29.6 Å². The van der Waals surface area contributed by atoms with Gasteiger partial charge in [-0.2, -0.15) is 5.10 Å². The number of rotatable bonds is 7. The molecule has 1 aliphatic heterocycles. The van der Waals surface area contributed by atoms with Gasteiger partial charge in [0.1, 0.15) is 5.76 Å². The van der Waals surface area contributed by atoms with Gasteiger partial charge in [0, 0.05) is 32.1 Å². The standard InChI is InChI=1S/C19H22N4O2/c1-2-8-20-16(4-1)15-24-11-7-18-13-22(14-19-5-3-10-25-19)12-17-6-9-21-23(17)18/h1-6,8-10,18H,7,11-15H2/t18-/m0/s1. The summed E-state index contributed by atoms with van der Waals surface area (Å²) in [5.74, 6) is 0.998. The summed E-state index contributed by atoms with van der Waals surface area (Å²) in [6.07, 6.45) is 6.33.